The van der Waals surface area contributed by atoms with Crippen LogP contribution in [-0.2, 0) is 19.0 Å². The first-order valence-corrected chi connectivity index (χ1v) is 14.3. The van der Waals surface area contributed by atoms with Crippen LogP contribution in [0, 0.1) is 0 Å². The molecular formula is C30H34O17. The second-order valence-electron chi connectivity index (χ2n) is 11.1. The molecule has 10 atom stereocenters. The highest BCUT2D eigenvalue weighted by atomic mass is 16.7. The Kier molecular flexibility index (Phi) is 9.43. The largest absolute Gasteiger partial charge is 0.504 e. The van der Waals surface area contributed by atoms with Crippen LogP contribution < -0.4 is 19.6 Å². The second-order valence-corrected chi connectivity index (χ2v) is 11.1. The summed E-state index contributed by atoms with van der Waals surface area (Å²) in [7, 11) is 1.13. The van der Waals surface area contributed by atoms with Gasteiger partial charge in [0.1, 0.15) is 41.5 Å². The van der Waals surface area contributed by atoms with Crippen molar-refractivity contribution in [3.8, 4) is 45.8 Å². The smallest absolute Gasteiger partial charge is 0.303 e. The summed E-state index contributed by atoms with van der Waals surface area (Å²) in [5, 5.41) is 82.9. The van der Waals surface area contributed by atoms with Gasteiger partial charge in [-0.3, -0.25) is 9.59 Å². The van der Waals surface area contributed by atoms with Crippen molar-refractivity contribution < 1.29 is 78.5 Å². The molecule has 2 aliphatic rings. The highest BCUT2D eigenvalue weighted by Gasteiger charge is 2.47. The number of aromatic hydroxyl groups is 3. The van der Waals surface area contributed by atoms with Crippen LogP contribution in [0.4, 0.5) is 0 Å². The Morgan fingerprint density at radius 2 is 1.43 bits per heavy atom. The Hall–Kier alpha value is -4.36. The zero-order chi connectivity index (χ0) is 34.5. The molecule has 1 aromatic heterocycles. The van der Waals surface area contributed by atoms with Gasteiger partial charge < -0.3 is 73.7 Å². The van der Waals surface area contributed by atoms with Gasteiger partial charge in [-0.25, -0.2) is 0 Å². The molecule has 0 saturated carbocycles. The van der Waals surface area contributed by atoms with Crippen molar-refractivity contribution in [2.24, 2.45) is 0 Å². The number of aliphatic hydroxyl groups is 5. The molecule has 2 aromatic carbocycles. The van der Waals surface area contributed by atoms with Crippen molar-refractivity contribution in [1.82, 2.24) is 0 Å². The van der Waals surface area contributed by atoms with Crippen LogP contribution in [0.25, 0.3) is 22.3 Å². The van der Waals surface area contributed by atoms with Crippen LogP contribution >= 0.6 is 0 Å². The van der Waals surface area contributed by atoms with E-state index in [4.69, 9.17) is 32.8 Å². The van der Waals surface area contributed by atoms with E-state index in [1.165, 1.54) is 19.9 Å². The Morgan fingerprint density at radius 3 is 2.06 bits per heavy atom. The summed E-state index contributed by atoms with van der Waals surface area (Å²) in [5.74, 6) is -4.51. The third-order valence-corrected chi connectivity index (χ3v) is 7.84. The van der Waals surface area contributed by atoms with Gasteiger partial charge in [-0.05, 0) is 32.0 Å². The van der Waals surface area contributed by atoms with Crippen LogP contribution in [0.5, 0.6) is 34.5 Å². The summed E-state index contributed by atoms with van der Waals surface area (Å²) >= 11 is 0. The van der Waals surface area contributed by atoms with E-state index in [-0.39, 0.29) is 16.9 Å². The Labute approximate surface area is 265 Å². The Morgan fingerprint density at radius 1 is 0.787 bits per heavy atom. The van der Waals surface area contributed by atoms with Gasteiger partial charge in [-0.2, -0.15) is 0 Å². The number of rotatable bonds is 7. The predicted octanol–water partition coefficient (Wildman–Crippen LogP) is -0.431. The molecular weight excluding hydrogens is 632 g/mol. The van der Waals surface area contributed by atoms with E-state index in [2.05, 4.69) is 0 Å². The fraction of sp³-hybridized carbons (Fsp3) is 0.467. The van der Waals surface area contributed by atoms with Crippen molar-refractivity contribution in [3.05, 3.63) is 34.5 Å². The molecule has 3 aromatic rings. The van der Waals surface area contributed by atoms with Gasteiger partial charge in [0.2, 0.25) is 29.5 Å². The minimum absolute atomic E-state index is 0.0366. The molecule has 2 fully saturated rings. The quantitative estimate of drug-likeness (QED) is 0.117. The Bertz CT molecular complexity index is 1700. The lowest BCUT2D eigenvalue weighted by Crippen LogP contribution is -2.59. The number of benzene rings is 2. The monoisotopic (exact) mass is 666 g/mol. The van der Waals surface area contributed by atoms with Crippen LogP contribution in [0.15, 0.2) is 33.5 Å². The third-order valence-electron chi connectivity index (χ3n) is 7.84. The molecule has 8 N–H and O–H groups in total. The minimum Gasteiger partial charge on any atom is -0.504 e. The number of esters is 1. The standard InChI is InChI=1S/C30H34O17/c1-9-18(34)21(37)23(39)30(42-9)47-28-20(36)17-15(45-26(28)12-5-6-13(32)14(33)7-12)8-16(27(41-4)19(17)35)46-29-24(40)22(38)25(10(2)43-29)44-11(3)31/h5-10,18,21-25,29-30,32-35,37-40H,1-4H3. The number of ether oxygens (including phenoxy) is 6. The molecule has 0 radical (unpaired) electrons. The number of carbonyl (C=O) groups excluding carboxylic acids is 1. The maximum Gasteiger partial charge on any atom is 0.303 e. The van der Waals surface area contributed by atoms with E-state index in [9.17, 15) is 50.4 Å². The van der Waals surface area contributed by atoms with Crippen molar-refractivity contribution >= 4 is 16.9 Å². The Balaban J connectivity index is 1.63. The number of phenolic OH excluding ortho intramolecular Hbond substituents is 3. The molecule has 47 heavy (non-hydrogen) atoms. The molecule has 2 aliphatic heterocycles. The molecule has 256 valence electrons. The first-order chi connectivity index (χ1) is 22.1. The number of fused-ring (bicyclic) bond motifs is 1. The van der Waals surface area contributed by atoms with Gasteiger partial charge in [0.25, 0.3) is 0 Å². The van der Waals surface area contributed by atoms with Gasteiger partial charge >= 0.3 is 5.97 Å². The minimum atomic E-state index is -1.85. The normalized spacial score (nSPS) is 30.9. The van der Waals surface area contributed by atoms with E-state index >= 15 is 0 Å². The van der Waals surface area contributed by atoms with Crippen LogP contribution in [-0.4, -0.2) is 115 Å². The maximum absolute atomic E-state index is 14.0. The zero-order valence-electron chi connectivity index (χ0n) is 25.3. The van der Waals surface area contributed by atoms with Gasteiger partial charge in [0.15, 0.2) is 34.9 Å². The molecule has 17 heteroatoms. The molecule has 17 nitrogen and oxygen atoms in total. The van der Waals surface area contributed by atoms with Crippen LogP contribution in [0.1, 0.15) is 20.8 Å². The van der Waals surface area contributed by atoms with Gasteiger partial charge in [0.05, 0.1) is 19.3 Å². The highest BCUT2D eigenvalue weighted by Crippen LogP contribution is 2.46. The zero-order valence-corrected chi connectivity index (χ0v) is 25.3. The van der Waals surface area contributed by atoms with Gasteiger partial charge in [-0.1, -0.05) is 0 Å². The van der Waals surface area contributed by atoms with E-state index in [1.807, 2.05) is 0 Å². The molecule has 0 spiro atoms. The lowest BCUT2D eigenvalue weighted by atomic mass is 9.99. The van der Waals surface area contributed by atoms with Crippen molar-refractivity contribution in [2.45, 2.75) is 82.2 Å². The van der Waals surface area contributed by atoms with Crippen molar-refractivity contribution in [2.75, 3.05) is 7.11 Å². The van der Waals surface area contributed by atoms with Crippen molar-refractivity contribution in [3.63, 3.8) is 0 Å². The number of hydrogen-bond acceptors (Lipinski definition) is 17. The first kappa shape index (κ1) is 34.0. The van der Waals surface area contributed by atoms with E-state index in [0.29, 0.717) is 0 Å². The van der Waals surface area contributed by atoms with Crippen LogP contribution in [0.2, 0.25) is 0 Å². The van der Waals surface area contributed by atoms with Crippen molar-refractivity contribution in [1.29, 1.82) is 0 Å². The molecule has 0 bridgehead atoms. The average Bonchev–Trinajstić information content (AvgIpc) is 3.01. The summed E-state index contributed by atoms with van der Waals surface area (Å²) in [6.07, 6.45) is -15.0. The molecule has 3 heterocycles. The second kappa shape index (κ2) is 13.0. The van der Waals surface area contributed by atoms with E-state index in [1.54, 1.807) is 0 Å². The number of methoxy groups -OCH3 is 1. The lowest BCUT2D eigenvalue weighted by molar-refractivity contribution is -0.272. The summed E-state index contributed by atoms with van der Waals surface area (Å²) in [6, 6.07) is 4.47. The number of phenols is 3. The van der Waals surface area contributed by atoms with Gasteiger partial charge in [-0.15, -0.1) is 0 Å². The average molecular weight is 667 g/mol. The SMILES string of the molecule is COc1c(OC2OC(C)C(OC(C)=O)C(O)C2O)cc2oc(-c3ccc(O)c(O)c3)c(OC3OC(C)C(O)C(O)C3O)c(=O)c2c1O. The first-order valence-electron chi connectivity index (χ1n) is 14.3. The van der Waals surface area contributed by atoms with Crippen LogP contribution in [0.3, 0.4) is 0 Å². The summed E-state index contributed by atoms with van der Waals surface area (Å²) in [6.45, 7) is 3.97. The molecule has 2 saturated heterocycles. The molecule has 10 unspecified atom stereocenters. The predicted molar refractivity (Wildman–Crippen MR) is 155 cm³/mol. The molecule has 5 rings (SSSR count). The summed E-state index contributed by atoms with van der Waals surface area (Å²) in [4.78, 5) is 25.4. The molecule has 0 aliphatic carbocycles. The number of hydrogen-bond donors (Lipinski definition) is 8. The lowest BCUT2D eigenvalue weighted by Gasteiger charge is -2.40. The summed E-state index contributed by atoms with van der Waals surface area (Å²) in [5.41, 5.74) is -1.45. The third kappa shape index (κ3) is 6.21. The van der Waals surface area contributed by atoms with Gasteiger partial charge in [0, 0.05) is 18.6 Å². The number of carbonyl (C=O) groups is 1. The topological polar surface area (TPSA) is 264 Å². The van der Waals surface area contributed by atoms with E-state index < -0.39 is 113 Å². The number of aliphatic hydroxyl groups excluding tert-OH is 5. The fourth-order valence-corrected chi connectivity index (χ4v) is 5.33. The maximum atomic E-state index is 14.0. The van der Waals surface area contributed by atoms with E-state index in [0.717, 1.165) is 32.2 Å². The molecule has 0 amide bonds. The fourth-order valence-electron chi connectivity index (χ4n) is 5.33. The highest BCUT2D eigenvalue weighted by molar-refractivity contribution is 5.91. The summed E-state index contributed by atoms with van der Waals surface area (Å²) < 4.78 is 38.9.